The van der Waals surface area contributed by atoms with Gasteiger partial charge in [0.2, 0.25) is 5.91 Å². The van der Waals surface area contributed by atoms with Crippen LogP contribution >= 0.6 is 0 Å². The number of hydrogen-bond acceptors (Lipinski definition) is 3. The van der Waals surface area contributed by atoms with Crippen molar-refractivity contribution in [3.8, 4) is 5.75 Å². The van der Waals surface area contributed by atoms with Gasteiger partial charge in [-0.3, -0.25) is 4.79 Å². The van der Waals surface area contributed by atoms with Crippen molar-refractivity contribution in [2.45, 2.75) is 39.8 Å². The largest absolute Gasteiger partial charge is 0.496 e. The molecule has 1 amide bonds. The first-order valence-corrected chi connectivity index (χ1v) is 8.19. The first-order valence-electron chi connectivity index (χ1n) is 8.19. The number of rotatable bonds is 6. The van der Waals surface area contributed by atoms with Gasteiger partial charge in [0.05, 0.1) is 13.2 Å². The molecule has 0 heterocycles. The molecule has 0 spiro atoms. The highest BCUT2D eigenvalue weighted by atomic mass is 16.5. The molecular formula is C20H26N2O2. The maximum Gasteiger partial charge on any atom is 0.242 e. The molecule has 2 N–H and O–H groups in total. The van der Waals surface area contributed by atoms with Crippen molar-refractivity contribution >= 4 is 11.6 Å². The van der Waals surface area contributed by atoms with Gasteiger partial charge in [0.15, 0.2) is 0 Å². The summed E-state index contributed by atoms with van der Waals surface area (Å²) in [6.45, 7) is 7.92. The zero-order valence-corrected chi connectivity index (χ0v) is 15.0. The van der Waals surface area contributed by atoms with Crippen LogP contribution in [0.2, 0.25) is 0 Å². The normalized spacial score (nSPS) is 13.0. The number of carbonyl (C=O) groups excluding carboxylic acids is 1. The van der Waals surface area contributed by atoms with Crippen LogP contribution in [-0.2, 0) is 4.79 Å². The number of para-hydroxylation sites is 1. The summed E-state index contributed by atoms with van der Waals surface area (Å²) in [6.07, 6.45) is 0. The molecule has 0 saturated heterocycles. The topological polar surface area (TPSA) is 50.4 Å². The van der Waals surface area contributed by atoms with Gasteiger partial charge in [-0.15, -0.1) is 0 Å². The molecule has 0 fully saturated rings. The van der Waals surface area contributed by atoms with Crippen LogP contribution in [0, 0.1) is 13.8 Å². The van der Waals surface area contributed by atoms with E-state index < -0.39 is 0 Å². The van der Waals surface area contributed by atoms with Gasteiger partial charge in [0.25, 0.3) is 0 Å². The summed E-state index contributed by atoms with van der Waals surface area (Å²) < 4.78 is 5.36. The summed E-state index contributed by atoms with van der Waals surface area (Å²) in [5, 5.41) is 6.30. The highest BCUT2D eigenvalue weighted by Gasteiger charge is 2.18. The Bertz CT molecular complexity index is 692. The third kappa shape index (κ3) is 4.51. The highest BCUT2D eigenvalue weighted by molar-refractivity contribution is 5.84. The average molecular weight is 326 g/mol. The lowest BCUT2D eigenvalue weighted by atomic mass is 10.1. The first-order chi connectivity index (χ1) is 11.4. The van der Waals surface area contributed by atoms with Gasteiger partial charge in [0, 0.05) is 11.3 Å². The van der Waals surface area contributed by atoms with Crippen molar-refractivity contribution in [2.24, 2.45) is 0 Å². The molecule has 2 rings (SSSR count). The van der Waals surface area contributed by atoms with Crippen LogP contribution in [0.15, 0.2) is 42.5 Å². The minimum atomic E-state index is -0.330. The lowest BCUT2D eigenvalue weighted by molar-refractivity contribution is -0.122. The van der Waals surface area contributed by atoms with E-state index in [2.05, 4.69) is 16.7 Å². The van der Waals surface area contributed by atoms with Crippen molar-refractivity contribution < 1.29 is 9.53 Å². The number of amides is 1. The summed E-state index contributed by atoms with van der Waals surface area (Å²) in [6, 6.07) is 13.5. The monoisotopic (exact) mass is 326 g/mol. The molecule has 2 aromatic rings. The molecule has 2 unspecified atom stereocenters. The second kappa shape index (κ2) is 7.86. The Balaban J connectivity index is 2.03. The molecule has 2 atom stereocenters. The zero-order chi connectivity index (χ0) is 17.7. The van der Waals surface area contributed by atoms with E-state index in [1.165, 1.54) is 11.1 Å². The number of hydrogen-bond donors (Lipinski definition) is 2. The van der Waals surface area contributed by atoms with E-state index in [0.29, 0.717) is 0 Å². The Labute approximate surface area is 144 Å². The Morgan fingerprint density at radius 3 is 2.29 bits per heavy atom. The second-order valence-electron chi connectivity index (χ2n) is 6.21. The quantitative estimate of drug-likeness (QED) is 0.844. The van der Waals surface area contributed by atoms with Crippen LogP contribution in [0.1, 0.15) is 36.6 Å². The van der Waals surface area contributed by atoms with Crippen molar-refractivity contribution in [2.75, 3.05) is 12.4 Å². The smallest absolute Gasteiger partial charge is 0.242 e. The summed E-state index contributed by atoms with van der Waals surface area (Å²) in [5.41, 5.74) is 4.27. The number of benzene rings is 2. The number of nitrogens with one attached hydrogen (secondary N) is 2. The first kappa shape index (κ1) is 17.9. The lowest BCUT2D eigenvalue weighted by Gasteiger charge is -2.21. The summed E-state index contributed by atoms with van der Waals surface area (Å²) in [7, 11) is 1.64. The van der Waals surface area contributed by atoms with Crippen LogP contribution in [0.3, 0.4) is 0 Å². The fourth-order valence-corrected chi connectivity index (χ4v) is 2.81. The highest BCUT2D eigenvalue weighted by Crippen LogP contribution is 2.24. The summed E-state index contributed by atoms with van der Waals surface area (Å²) in [4.78, 5) is 12.5. The average Bonchev–Trinajstić information content (AvgIpc) is 2.53. The standard InChI is InChI=1S/C20H26N2O2/c1-13-10-14(2)12-17(11-13)21-16(4)20(23)22-15(3)18-8-6-7-9-19(18)24-5/h6-12,15-16,21H,1-5H3,(H,22,23). The third-order valence-electron chi connectivity index (χ3n) is 3.96. The predicted molar refractivity (Wildman–Crippen MR) is 98.6 cm³/mol. The minimum Gasteiger partial charge on any atom is -0.496 e. The minimum absolute atomic E-state index is 0.0486. The number of ether oxygens (including phenoxy) is 1. The maximum absolute atomic E-state index is 12.5. The van der Waals surface area contributed by atoms with Crippen LogP contribution in [0.5, 0.6) is 5.75 Å². The van der Waals surface area contributed by atoms with Gasteiger partial charge < -0.3 is 15.4 Å². The molecule has 0 aromatic heterocycles. The van der Waals surface area contributed by atoms with E-state index in [4.69, 9.17) is 4.74 Å². The summed E-state index contributed by atoms with van der Waals surface area (Å²) in [5.74, 6) is 0.729. The lowest BCUT2D eigenvalue weighted by Crippen LogP contribution is -2.39. The van der Waals surface area contributed by atoms with E-state index in [1.807, 2.05) is 64.1 Å². The Hall–Kier alpha value is -2.49. The Morgan fingerprint density at radius 1 is 1.04 bits per heavy atom. The Kier molecular flexibility index (Phi) is 5.85. The molecule has 0 radical (unpaired) electrons. The fraction of sp³-hybridized carbons (Fsp3) is 0.350. The van der Waals surface area contributed by atoms with E-state index in [0.717, 1.165) is 17.0 Å². The van der Waals surface area contributed by atoms with Gasteiger partial charge in [0.1, 0.15) is 11.8 Å². The SMILES string of the molecule is COc1ccccc1C(C)NC(=O)C(C)Nc1cc(C)cc(C)c1. The molecule has 0 bridgehead atoms. The van der Waals surface area contributed by atoms with Gasteiger partial charge in [-0.25, -0.2) is 0 Å². The predicted octanol–water partition coefficient (Wildman–Crippen LogP) is 3.99. The molecule has 0 saturated carbocycles. The molecular weight excluding hydrogens is 300 g/mol. The third-order valence-corrected chi connectivity index (χ3v) is 3.96. The maximum atomic E-state index is 12.5. The fourth-order valence-electron chi connectivity index (χ4n) is 2.81. The van der Waals surface area contributed by atoms with Gasteiger partial charge >= 0.3 is 0 Å². The van der Waals surface area contributed by atoms with Crippen LogP contribution < -0.4 is 15.4 Å². The number of anilines is 1. The molecule has 0 aliphatic heterocycles. The zero-order valence-electron chi connectivity index (χ0n) is 15.0. The van der Waals surface area contributed by atoms with Crippen molar-refractivity contribution in [3.05, 3.63) is 59.2 Å². The van der Waals surface area contributed by atoms with E-state index >= 15 is 0 Å². The molecule has 4 nitrogen and oxygen atoms in total. The molecule has 4 heteroatoms. The molecule has 0 aliphatic carbocycles. The number of methoxy groups -OCH3 is 1. The molecule has 24 heavy (non-hydrogen) atoms. The summed E-state index contributed by atoms with van der Waals surface area (Å²) >= 11 is 0. The Morgan fingerprint density at radius 2 is 1.67 bits per heavy atom. The molecule has 0 aliphatic rings. The van der Waals surface area contributed by atoms with E-state index in [1.54, 1.807) is 7.11 Å². The number of carbonyl (C=O) groups is 1. The van der Waals surface area contributed by atoms with E-state index in [-0.39, 0.29) is 18.0 Å². The van der Waals surface area contributed by atoms with Gasteiger partial charge in [-0.05, 0) is 57.0 Å². The van der Waals surface area contributed by atoms with Crippen molar-refractivity contribution in [3.63, 3.8) is 0 Å². The van der Waals surface area contributed by atoms with Crippen LogP contribution in [0.4, 0.5) is 5.69 Å². The van der Waals surface area contributed by atoms with Gasteiger partial charge in [-0.1, -0.05) is 24.3 Å². The van der Waals surface area contributed by atoms with Crippen molar-refractivity contribution in [1.29, 1.82) is 0 Å². The molecule has 128 valence electrons. The molecule has 2 aromatic carbocycles. The number of aryl methyl sites for hydroxylation is 2. The van der Waals surface area contributed by atoms with Gasteiger partial charge in [-0.2, -0.15) is 0 Å². The van der Waals surface area contributed by atoms with E-state index in [9.17, 15) is 4.79 Å². The second-order valence-corrected chi connectivity index (χ2v) is 6.21. The van der Waals surface area contributed by atoms with Crippen molar-refractivity contribution in [1.82, 2.24) is 5.32 Å². The van der Waals surface area contributed by atoms with Crippen LogP contribution in [-0.4, -0.2) is 19.1 Å². The van der Waals surface area contributed by atoms with Crippen LogP contribution in [0.25, 0.3) is 0 Å².